The summed E-state index contributed by atoms with van der Waals surface area (Å²) in [6, 6.07) is 8.40. The summed E-state index contributed by atoms with van der Waals surface area (Å²) in [5.74, 6) is 0.707. The molecule has 3 heteroatoms. The van der Waals surface area contributed by atoms with Crippen LogP contribution >= 0.6 is 0 Å². The van der Waals surface area contributed by atoms with Gasteiger partial charge in [0.15, 0.2) is 0 Å². The van der Waals surface area contributed by atoms with Crippen molar-refractivity contribution in [3.8, 4) is 0 Å². The molecule has 0 spiro atoms. The molecular formula is C18H27N3. The number of nitrogens with zero attached hydrogens (tertiary/aromatic N) is 1. The van der Waals surface area contributed by atoms with Crippen LogP contribution in [0, 0.1) is 19.8 Å². The van der Waals surface area contributed by atoms with Crippen molar-refractivity contribution in [1.29, 1.82) is 0 Å². The molecule has 2 rings (SSSR count). The molecule has 3 nitrogen and oxygen atoms in total. The predicted molar refractivity (Wildman–Crippen MR) is 90.6 cm³/mol. The van der Waals surface area contributed by atoms with Crippen molar-refractivity contribution in [2.75, 3.05) is 19.6 Å². The summed E-state index contributed by atoms with van der Waals surface area (Å²) in [5.41, 5.74) is 4.90. The standard InChI is InChI=1S/C18H27N3/c1-13(2)11-19-9-10-20-12-17-14(3)15(4)21-18-8-6-5-7-16(17)18/h5-8,13,19-20H,9-12H2,1-4H3. The van der Waals surface area contributed by atoms with Crippen LogP contribution in [0.25, 0.3) is 10.9 Å². The highest BCUT2D eigenvalue weighted by atomic mass is 14.9. The largest absolute Gasteiger partial charge is 0.315 e. The minimum atomic E-state index is 0.707. The summed E-state index contributed by atoms with van der Waals surface area (Å²) in [5, 5.41) is 8.27. The van der Waals surface area contributed by atoms with Gasteiger partial charge in [-0.05, 0) is 43.5 Å². The third-order valence-electron chi connectivity index (χ3n) is 3.85. The summed E-state index contributed by atoms with van der Waals surface area (Å²) >= 11 is 0. The molecule has 0 atom stereocenters. The van der Waals surface area contributed by atoms with E-state index >= 15 is 0 Å². The second-order valence-corrected chi connectivity index (χ2v) is 6.09. The number of aryl methyl sites for hydroxylation is 1. The van der Waals surface area contributed by atoms with Crippen molar-refractivity contribution in [2.24, 2.45) is 5.92 Å². The first-order valence-electron chi connectivity index (χ1n) is 7.86. The van der Waals surface area contributed by atoms with Crippen LogP contribution in [0.15, 0.2) is 24.3 Å². The van der Waals surface area contributed by atoms with E-state index in [1.54, 1.807) is 0 Å². The smallest absolute Gasteiger partial charge is 0.0708 e. The van der Waals surface area contributed by atoms with E-state index in [1.165, 1.54) is 16.5 Å². The number of hydrogen-bond donors (Lipinski definition) is 2. The highest BCUT2D eigenvalue weighted by molar-refractivity contribution is 5.83. The van der Waals surface area contributed by atoms with Gasteiger partial charge in [-0.25, -0.2) is 0 Å². The third-order valence-corrected chi connectivity index (χ3v) is 3.85. The van der Waals surface area contributed by atoms with Gasteiger partial charge in [0.05, 0.1) is 5.52 Å². The Kier molecular flexibility index (Phi) is 5.71. The van der Waals surface area contributed by atoms with Gasteiger partial charge in [-0.2, -0.15) is 0 Å². The molecule has 0 aliphatic rings. The highest BCUT2D eigenvalue weighted by Crippen LogP contribution is 2.22. The fourth-order valence-corrected chi connectivity index (χ4v) is 2.52. The van der Waals surface area contributed by atoms with E-state index in [0.29, 0.717) is 5.92 Å². The van der Waals surface area contributed by atoms with Crippen LogP contribution in [0.1, 0.15) is 30.7 Å². The van der Waals surface area contributed by atoms with E-state index in [-0.39, 0.29) is 0 Å². The zero-order chi connectivity index (χ0) is 15.2. The lowest BCUT2D eigenvalue weighted by molar-refractivity contribution is 0.535. The normalized spacial score (nSPS) is 11.5. The SMILES string of the molecule is Cc1nc2ccccc2c(CNCCNCC(C)C)c1C. The van der Waals surface area contributed by atoms with Gasteiger partial charge in [0.2, 0.25) is 0 Å². The summed E-state index contributed by atoms with van der Waals surface area (Å²) in [7, 11) is 0. The Morgan fingerprint density at radius 2 is 1.76 bits per heavy atom. The van der Waals surface area contributed by atoms with Gasteiger partial charge in [0, 0.05) is 30.7 Å². The predicted octanol–water partition coefficient (Wildman–Crippen LogP) is 3.19. The van der Waals surface area contributed by atoms with Gasteiger partial charge in [0.1, 0.15) is 0 Å². The second-order valence-electron chi connectivity index (χ2n) is 6.09. The number of pyridine rings is 1. The Bertz CT molecular complexity index is 590. The number of hydrogen-bond acceptors (Lipinski definition) is 3. The van der Waals surface area contributed by atoms with Gasteiger partial charge >= 0.3 is 0 Å². The molecule has 1 aromatic heterocycles. The maximum Gasteiger partial charge on any atom is 0.0708 e. The van der Waals surface area contributed by atoms with Crippen LogP contribution in [0.5, 0.6) is 0 Å². The van der Waals surface area contributed by atoms with E-state index in [0.717, 1.165) is 37.4 Å². The monoisotopic (exact) mass is 285 g/mol. The molecule has 0 saturated heterocycles. The molecule has 2 N–H and O–H groups in total. The maximum atomic E-state index is 4.67. The fourth-order valence-electron chi connectivity index (χ4n) is 2.52. The van der Waals surface area contributed by atoms with Crippen LogP contribution in [-0.2, 0) is 6.54 Å². The van der Waals surface area contributed by atoms with Gasteiger partial charge in [0.25, 0.3) is 0 Å². The lowest BCUT2D eigenvalue weighted by Crippen LogP contribution is -2.29. The number of rotatable bonds is 7. The first-order valence-corrected chi connectivity index (χ1v) is 7.86. The van der Waals surface area contributed by atoms with E-state index in [9.17, 15) is 0 Å². The van der Waals surface area contributed by atoms with Crippen molar-refractivity contribution in [1.82, 2.24) is 15.6 Å². The molecule has 0 aliphatic heterocycles. The van der Waals surface area contributed by atoms with Crippen LogP contribution in [0.4, 0.5) is 0 Å². The average molecular weight is 285 g/mol. The van der Waals surface area contributed by atoms with E-state index in [4.69, 9.17) is 0 Å². The Balaban J connectivity index is 1.99. The molecule has 1 heterocycles. The van der Waals surface area contributed by atoms with Crippen molar-refractivity contribution in [3.05, 3.63) is 41.1 Å². The number of benzene rings is 1. The lowest BCUT2D eigenvalue weighted by Gasteiger charge is -2.14. The quantitative estimate of drug-likeness (QED) is 0.767. The Morgan fingerprint density at radius 1 is 1.05 bits per heavy atom. The fraction of sp³-hybridized carbons (Fsp3) is 0.500. The molecule has 0 bridgehead atoms. The summed E-state index contributed by atoms with van der Waals surface area (Å²) < 4.78 is 0. The molecule has 0 fully saturated rings. The third kappa shape index (κ3) is 4.26. The summed E-state index contributed by atoms with van der Waals surface area (Å²) in [6.07, 6.45) is 0. The summed E-state index contributed by atoms with van der Waals surface area (Å²) in [6.45, 7) is 12.7. The van der Waals surface area contributed by atoms with E-state index < -0.39 is 0 Å². The van der Waals surface area contributed by atoms with Gasteiger partial charge in [-0.3, -0.25) is 4.98 Å². The first-order chi connectivity index (χ1) is 10.1. The molecule has 114 valence electrons. The van der Waals surface area contributed by atoms with Crippen molar-refractivity contribution < 1.29 is 0 Å². The first kappa shape index (κ1) is 15.9. The van der Waals surface area contributed by atoms with Crippen LogP contribution in [0.3, 0.4) is 0 Å². The van der Waals surface area contributed by atoms with E-state index in [2.05, 4.69) is 67.6 Å². The summed E-state index contributed by atoms with van der Waals surface area (Å²) in [4.78, 5) is 4.67. The zero-order valence-corrected chi connectivity index (χ0v) is 13.7. The zero-order valence-electron chi connectivity index (χ0n) is 13.7. The molecule has 0 amide bonds. The molecule has 0 unspecified atom stereocenters. The molecule has 0 saturated carbocycles. The van der Waals surface area contributed by atoms with Crippen molar-refractivity contribution >= 4 is 10.9 Å². The number of aromatic nitrogens is 1. The Morgan fingerprint density at radius 3 is 2.52 bits per heavy atom. The molecular weight excluding hydrogens is 258 g/mol. The van der Waals surface area contributed by atoms with Gasteiger partial charge in [-0.15, -0.1) is 0 Å². The average Bonchev–Trinajstić information content (AvgIpc) is 2.46. The Labute approximate surface area is 128 Å². The van der Waals surface area contributed by atoms with Crippen LogP contribution in [0.2, 0.25) is 0 Å². The lowest BCUT2D eigenvalue weighted by atomic mass is 10.0. The van der Waals surface area contributed by atoms with Gasteiger partial charge < -0.3 is 10.6 Å². The van der Waals surface area contributed by atoms with Gasteiger partial charge in [-0.1, -0.05) is 32.0 Å². The maximum absolute atomic E-state index is 4.67. The number of para-hydroxylation sites is 1. The molecule has 1 aromatic carbocycles. The topological polar surface area (TPSA) is 37.0 Å². The van der Waals surface area contributed by atoms with E-state index in [1.807, 2.05) is 0 Å². The number of fused-ring (bicyclic) bond motifs is 1. The Hall–Kier alpha value is -1.45. The highest BCUT2D eigenvalue weighted by Gasteiger charge is 2.08. The van der Waals surface area contributed by atoms with Crippen LogP contribution in [-0.4, -0.2) is 24.6 Å². The second kappa shape index (κ2) is 7.53. The minimum absolute atomic E-state index is 0.707. The molecule has 2 aromatic rings. The molecule has 0 radical (unpaired) electrons. The van der Waals surface area contributed by atoms with Crippen LogP contribution < -0.4 is 10.6 Å². The number of nitrogens with one attached hydrogen (secondary N) is 2. The minimum Gasteiger partial charge on any atom is -0.315 e. The molecule has 21 heavy (non-hydrogen) atoms. The van der Waals surface area contributed by atoms with Crippen molar-refractivity contribution in [2.45, 2.75) is 34.2 Å². The van der Waals surface area contributed by atoms with Crippen molar-refractivity contribution in [3.63, 3.8) is 0 Å². The molecule has 0 aliphatic carbocycles.